The molecule has 0 aliphatic carbocycles. The highest BCUT2D eigenvalue weighted by molar-refractivity contribution is 6.18. The first-order valence-corrected chi connectivity index (χ1v) is 10.2. The van der Waals surface area contributed by atoms with Gasteiger partial charge in [0.2, 0.25) is 0 Å². The number of ketones is 1. The number of fused-ring (bicyclic) bond motifs is 2. The molecule has 2 aromatic heterocycles. The SMILES string of the molecule is Cn1cnc2cc(-c3cccc4c(C(=O)c5ccc(N)c(C#N)c5)c[nH]c34)c(C(F)(F)F)cc21. The maximum absolute atomic E-state index is 14.0. The van der Waals surface area contributed by atoms with Crippen molar-refractivity contribution in [2.24, 2.45) is 7.05 Å². The van der Waals surface area contributed by atoms with E-state index >= 15 is 0 Å². The van der Waals surface area contributed by atoms with Crippen molar-refractivity contribution in [3.05, 3.63) is 83.3 Å². The number of para-hydroxylation sites is 1. The lowest BCUT2D eigenvalue weighted by atomic mass is 9.94. The highest BCUT2D eigenvalue weighted by Gasteiger charge is 2.35. The summed E-state index contributed by atoms with van der Waals surface area (Å²) in [6, 6.07) is 13.7. The predicted octanol–water partition coefficient (Wildman–Crippen LogP) is 5.43. The summed E-state index contributed by atoms with van der Waals surface area (Å²) in [5.41, 5.74) is 7.35. The monoisotopic (exact) mass is 459 g/mol. The Bertz CT molecular complexity index is 1650. The van der Waals surface area contributed by atoms with E-state index in [1.807, 2.05) is 6.07 Å². The van der Waals surface area contributed by atoms with Crippen LogP contribution in [0.3, 0.4) is 0 Å². The third kappa shape index (κ3) is 3.28. The van der Waals surface area contributed by atoms with E-state index in [0.717, 1.165) is 6.07 Å². The number of benzene rings is 3. The van der Waals surface area contributed by atoms with Crippen LogP contribution >= 0.6 is 0 Å². The average molecular weight is 459 g/mol. The Labute approximate surface area is 191 Å². The minimum absolute atomic E-state index is 0.0376. The van der Waals surface area contributed by atoms with Gasteiger partial charge in [-0.2, -0.15) is 18.4 Å². The van der Waals surface area contributed by atoms with Crippen molar-refractivity contribution < 1.29 is 18.0 Å². The number of hydrogen-bond donors (Lipinski definition) is 2. The molecule has 0 saturated heterocycles. The first-order valence-electron chi connectivity index (χ1n) is 10.2. The molecule has 168 valence electrons. The molecule has 9 heteroatoms. The maximum atomic E-state index is 14.0. The van der Waals surface area contributed by atoms with Crippen LogP contribution in [0.2, 0.25) is 0 Å². The number of nitrogens with one attached hydrogen (secondary N) is 1. The smallest absolute Gasteiger partial charge is 0.398 e. The van der Waals surface area contributed by atoms with Gasteiger partial charge in [-0.1, -0.05) is 18.2 Å². The zero-order valence-corrected chi connectivity index (χ0v) is 17.7. The Morgan fingerprint density at radius 2 is 1.94 bits per heavy atom. The summed E-state index contributed by atoms with van der Waals surface area (Å²) in [6.07, 6.45) is -1.67. The molecule has 0 radical (unpaired) electrons. The lowest BCUT2D eigenvalue weighted by Gasteiger charge is -2.14. The van der Waals surface area contributed by atoms with Gasteiger partial charge in [0.25, 0.3) is 0 Å². The van der Waals surface area contributed by atoms with Crippen LogP contribution in [0.25, 0.3) is 33.1 Å². The second-order valence-corrected chi connectivity index (χ2v) is 7.91. The fraction of sp³-hybridized carbons (Fsp3) is 0.0800. The van der Waals surface area contributed by atoms with Crippen molar-refractivity contribution in [2.45, 2.75) is 6.18 Å². The number of nitrogens with two attached hydrogens (primary N) is 1. The van der Waals surface area contributed by atoms with Gasteiger partial charge in [-0.3, -0.25) is 4.79 Å². The summed E-state index contributed by atoms with van der Waals surface area (Å²) in [6.45, 7) is 0. The minimum Gasteiger partial charge on any atom is -0.398 e. The van der Waals surface area contributed by atoms with Crippen molar-refractivity contribution in [1.82, 2.24) is 14.5 Å². The standard InChI is InChI=1S/C25H16F3N5O/c1-33-12-32-21-8-17(19(9-22(21)33)25(26,27)28)15-3-2-4-16-18(11-31-23(15)16)24(34)13-5-6-20(30)14(7-13)10-29/h2-9,11-12,31H,30H2,1H3. The fourth-order valence-corrected chi connectivity index (χ4v) is 4.15. The number of hydrogen-bond acceptors (Lipinski definition) is 4. The molecule has 0 spiro atoms. The van der Waals surface area contributed by atoms with E-state index in [-0.39, 0.29) is 33.7 Å². The minimum atomic E-state index is -4.60. The van der Waals surface area contributed by atoms with E-state index in [1.54, 1.807) is 25.2 Å². The number of halogens is 3. The zero-order valence-electron chi connectivity index (χ0n) is 17.7. The summed E-state index contributed by atoms with van der Waals surface area (Å²) >= 11 is 0. The van der Waals surface area contributed by atoms with Crippen LogP contribution in [0.1, 0.15) is 27.0 Å². The molecule has 0 saturated carbocycles. The second-order valence-electron chi connectivity index (χ2n) is 7.91. The number of rotatable bonds is 3. The lowest BCUT2D eigenvalue weighted by Crippen LogP contribution is -2.08. The first kappa shape index (κ1) is 21.3. The molecule has 3 N–H and O–H groups in total. The Morgan fingerprint density at radius 3 is 2.68 bits per heavy atom. The molecular weight excluding hydrogens is 443 g/mol. The molecule has 0 aliphatic heterocycles. The first-order chi connectivity index (χ1) is 16.2. The Kier molecular flexibility index (Phi) is 4.69. The number of carbonyl (C=O) groups excluding carboxylic acids is 1. The van der Waals surface area contributed by atoms with E-state index in [4.69, 9.17) is 5.73 Å². The number of nitrogen functional groups attached to an aromatic ring is 1. The largest absolute Gasteiger partial charge is 0.417 e. The van der Waals surface area contributed by atoms with E-state index in [2.05, 4.69) is 9.97 Å². The van der Waals surface area contributed by atoms with Gasteiger partial charge in [0.05, 0.1) is 34.0 Å². The van der Waals surface area contributed by atoms with Crippen molar-refractivity contribution in [2.75, 3.05) is 5.73 Å². The fourth-order valence-electron chi connectivity index (χ4n) is 4.15. The van der Waals surface area contributed by atoms with E-state index in [0.29, 0.717) is 27.5 Å². The van der Waals surface area contributed by atoms with Gasteiger partial charge in [0, 0.05) is 41.0 Å². The molecule has 5 aromatic rings. The van der Waals surface area contributed by atoms with Crippen molar-refractivity contribution in [3.63, 3.8) is 0 Å². The number of nitrogens with zero attached hydrogens (tertiary/aromatic N) is 3. The van der Waals surface area contributed by atoms with Gasteiger partial charge in [-0.05, 0) is 35.9 Å². The van der Waals surface area contributed by atoms with E-state index in [9.17, 15) is 23.2 Å². The molecule has 34 heavy (non-hydrogen) atoms. The number of alkyl halides is 3. The quantitative estimate of drug-likeness (QED) is 0.278. The number of anilines is 1. The van der Waals surface area contributed by atoms with Crippen LogP contribution in [0, 0.1) is 11.3 Å². The highest BCUT2D eigenvalue weighted by atomic mass is 19.4. The molecule has 2 heterocycles. The molecule has 0 unspecified atom stereocenters. The number of nitriles is 1. The molecule has 0 aliphatic rings. The average Bonchev–Trinajstić information content (AvgIpc) is 3.41. The summed E-state index contributed by atoms with van der Waals surface area (Å²) in [5.74, 6) is -0.379. The topological polar surface area (TPSA) is 100 Å². The lowest BCUT2D eigenvalue weighted by molar-refractivity contribution is -0.137. The Balaban J connectivity index is 1.71. The van der Waals surface area contributed by atoms with Crippen LogP contribution in [0.5, 0.6) is 0 Å². The number of aromatic amines is 1. The molecule has 3 aromatic carbocycles. The Hall–Kier alpha value is -4.58. The third-order valence-corrected chi connectivity index (χ3v) is 5.86. The van der Waals surface area contributed by atoms with Crippen LogP contribution in [0.15, 0.2) is 61.1 Å². The van der Waals surface area contributed by atoms with Gasteiger partial charge < -0.3 is 15.3 Å². The molecule has 0 atom stereocenters. The predicted molar refractivity (Wildman–Crippen MR) is 122 cm³/mol. The van der Waals surface area contributed by atoms with Gasteiger partial charge in [-0.25, -0.2) is 4.98 Å². The highest BCUT2D eigenvalue weighted by Crippen LogP contribution is 2.41. The maximum Gasteiger partial charge on any atom is 0.417 e. The summed E-state index contributed by atoms with van der Waals surface area (Å²) in [4.78, 5) is 20.4. The number of imidazole rings is 1. The van der Waals surface area contributed by atoms with E-state index < -0.39 is 11.7 Å². The van der Waals surface area contributed by atoms with Gasteiger partial charge in [-0.15, -0.1) is 0 Å². The molecule has 5 rings (SSSR count). The summed E-state index contributed by atoms with van der Waals surface area (Å²) in [7, 11) is 1.63. The Morgan fingerprint density at radius 1 is 1.15 bits per heavy atom. The van der Waals surface area contributed by atoms with Gasteiger partial charge in [0.15, 0.2) is 5.78 Å². The molecular formula is C25H16F3N5O. The van der Waals surface area contributed by atoms with Crippen LogP contribution in [0.4, 0.5) is 18.9 Å². The van der Waals surface area contributed by atoms with Crippen LogP contribution in [-0.2, 0) is 13.2 Å². The van der Waals surface area contributed by atoms with Crippen LogP contribution < -0.4 is 5.73 Å². The number of aryl methyl sites for hydroxylation is 1. The number of carbonyl (C=O) groups is 1. The summed E-state index contributed by atoms with van der Waals surface area (Å²) in [5, 5.41) is 9.68. The molecule has 0 bridgehead atoms. The third-order valence-electron chi connectivity index (χ3n) is 5.86. The molecule has 0 fully saturated rings. The normalized spacial score (nSPS) is 11.7. The summed E-state index contributed by atoms with van der Waals surface area (Å²) < 4.78 is 43.6. The second kappa shape index (κ2) is 7.49. The van der Waals surface area contributed by atoms with Gasteiger partial charge in [0.1, 0.15) is 6.07 Å². The van der Waals surface area contributed by atoms with Crippen molar-refractivity contribution >= 4 is 33.4 Å². The van der Waals surface area contributed by atoms with Gasteiger partial charge >= 0.3 is 6.18 Å². The van der Waals surface area contributed by atoms with Crippen LogP contribution in [-0.4, -0.2) is 20.3 Å². The van der Waals surface area contributed by atoms with E-state index in [1.165, 1.54) is 41.4 Å². The number of H-pyrrole nitrogens is 1. The molecule has 6 nitrogen and oxygen atoms in total. The number of aromatic nitrogens is 3. The molecule has 0 amide bonds. The zero-order chi connectivity index (χ0) is 24.2. The van der Waals surface area contributed by atoms with Crippen molar-refractivity contribution in [1.29, 1.82) is 5.26 Å². The van der Waals surface area contributed by atoms with Crippen molar-refractivity contribution in [3.8, 4) is 17.2 Å².